The summed E-state index contributed by atoms with van der Waals surface area (Å²) in [5.74, 6) is 0. The van der Waals surface area contributed by atoms with Gasteiger partial charge in [-0.2, -0.15) is 0 Å². The summed E-state index contributed by atoms with van der Waals surface area (Å²) in [6.45, 7) is 0. The van der Waals surface area contributed by atoms with E-state index in [2.05, 4.69) is 25.1 Å². The highest BCUT2D eigenvalue weighted by Gasteiger charge is 2.08. The van der Waals surface area contributed by atoms with Crippen molar-refractivity contribution >= 4 is 39.5 Å². The number of fused-ring (bicyclic) bond motifs is 2. The lowest BCUT2D eigenvalue weighted by Crippen LogP contribution is -1.92. The second kappa shape index (κ2) is 4.71. The molecule has 102 valence electrons. The third-order valence-corrected chi connectivity index (χ3v) is 3.76. The number of hydrogen-bond acceptors (Lipinski definition) is 6. The number of aromatic amines is 1. The number of aromatic nitrogens is 5. The highest BCUT2D eigenvalue weighted by Crippen LogP contribution is 2.25. The van der Waals surface area contributed by atoms with Gasteiger partial charge in [-0.1, -0.05) is 12.1 Å². The quantitative estimate of drug-likeness (QED) is 0.552. The molecule has 2 aromatic heterocycles. The first-order valence-electron chi connectivity index (χ1n) is 6.30. The van der Waals surface area contributed by atoms with Crippen LogP contribution in [0, 0.1) is 0 Å². The van der Waals surface area contributed by atoms with E-state index in [1.165, 1.54) is 11.8 Å². The van der Waals surface area contributed by atoms with Crippen LogP contribution < -0.4 is 5.73 Å². The molecule has 0 bridgehead atoms. The number of para-hydroxylation sites is 1. The lowest BCUT2D eigenvalue weighted by Gasteiger charge is -1.97. The topological polar surface area (TPSA) is 93.4 Å². The fourth-order valence-corrected chi connectivity index (χ4v) is 2.75. The summed E-state index contributed by atoms with van der Waals surface area (Å²) in [6, 6.07) is 13.2. The fraction of sp³-hybridized carbons (Fsp3) is 0. The summed E-state index contributed by atoms with van der Waals surface area (Å²) in [5, 5.41) is 9.53. The molecule has 4 rings (SSSR count). The molecular formula is C14H10N6S. The summed E-state index contributed by atoms with van der Waals surface area (Å²) in [7, 11) is 0. The van der Waals surface area contributed by atoms with Crippen LogP contribution in [0.15, 0.2) is 52.8 Å². The maximum absolute atomic E-state index is 5.76. The summed E-state index contributed by atoms with van der Waals surface area (Å²) >= 11 is 1.34. The largest absolute Gasteiger partial charge is 0.399 e. The number of hydrogen-bond donors (Lipinski definition) is 2. The second-order valence-electron chi connectivity index (χ2n) is 4.50. The zero-order valence-electron chi connectivity index (χ0n) is 10.8. The minimum atomic E-state index is 0.556. The maximum Gasteiger partial charge on any atom is 0.217 e. The van der Waals surface area contributed by atoms with E-state index >= 15 is 0 Å². The van der Waals surface area contributed by atoms with Crippen LogP contribution in [0.4, 0.5) is 5.69 Å². The molecule has 0 radical (unpaired) electrons. The lowest BCUT2D eigenvalue weighted by molar-refractivity contribution is 0.875. The highest BCUT2D eigenvalue weighted by atomic mass is 32.2. The predicted octanol–water partition coefficient (Wildman–Crippen LogP) is 2.63. The molecule has 6 nitrogen and oxygen atoms in total. The van der Waals surface area contributed by atoms with Crippen molar-refractivity contribution in [3.8, 4) is 0 Å². The third-order valence-electron chi connectivity index (χ3n) is 3.01. The molecule has 0 saturated heterocycles. The van der Waals surface area contributed by atoms with E-state index < -0.39 is 0 Å². The molecular weight excluding hydrogens is 284 g/mol. The molecule has 0 saturated carbocycles. The van der Waals surface area contributed by atoms with Gasteiger partial charge in [-0.05, 0) is 42.1 Å². The first kappa shape index (κ1) is 12.1. The Morgan fingerprint density at radius 2 is 1.76 bits per heavy atom. The average molecular weight is 294 g/mol. The van der Waals surface area contributed by atoms with Crippen molar-refractivity contribution < 1.29 is 0 Å². The van der Waals surface area contributed by atoms with E-state index in [-0.39, 0.29) is 0 Å². The van der Waals surface area contributed by atoms with Crippen LogP contribution >= 0.6 is 11.8 Å². The molecule has 0 aliphatic rings. The van der Waals surface area contributed by atoms with Crippen molar-refractivity contribution in [2.24, 2.45) is 0 Å². The monoisotopic (exact) mass is 294 g/mol. The molecule has 2 heterocycles. The van der Waals surface area contributed by atoms with Gasteiger partial charge in [-0.15, -0.1) is 10.2 Å². The number of rotatable bonds is 2. The Balaban J connectivity index is 1.71. The van der Waals surface area contributed by atoms with Gasteiger partial charge in [0.2, 0.25) is 5.16 Å². The van der Waals surface area contributed by atoms with E-state index in [0.29, 0.717) is 16.0 Å². The molecule has 2 aromatic carbocycles. The van der Waals surface area contributed by atoms with Crippen molar-refractivity contribution in [2.75, 3.05) is 5.73 Å². The van der Waals surface area contributed by atoms with Gasteiger partial charge in [0, 0.05) is 5.69 Å². The number of anilines is 1. The average Bonchev–Trinajstić information content (AvgIpc) is 2.88. The van der Waals surface area contributed by atoms with Gasteiger partial charge in [-0.25, -0.2) is 9.97 Å². The fourth-order valence-electron chi connectivity index (χ4n) is 2.05. The predicted molar refractivity (Wildman–Crippen MR) is 82.0 cm³/mol. The number of nitrogen functional groups attached to an aromatic ring is 1. The Bertz CT molecular complexity index is 948. The minimum absolute atomic E-state index is 0.556. The number of nitrogens with one attached hydrogen (secondary N) is 1. The molecule has 4 aromatic rings. The van der Waals surface area contributed by atoms with Crippen LogP contribution in [-0.2, 0) is 0 Å². The van der Waals surface area contributed by atoms with Gasteiger partial charge in [0.25, 0.3) is 0 Å². The Hall–Kier alpha value is -2.67. The van der Waals surface area contributed by atoms with E-state index in [1.807, 2.05) is 42.5 Å². The zero-order valence-corrected chi connectivity index (χ0v) is 11.6. The molecule has 0 unspecified atom stereocenters. The standard InChI is InChI=1S/C14H10N6S/c15-8-5-6-10-12(7-8)18-13(16-10)21-14-17-9-3-1-2-4-11(9)19-20-14/h1-7H,15H2,(H,16,18). The number of nitrogens with zero attached hydrogens (tertiary/aromatic N) is 4. The number of imidazole rings is 1. The smallest absolute Gasteiger partial charge is 0.217 e. The number of H-pyrrole nitrogens is 1. The molecule has 0 spiro atoms. The van der Waals surface area contributed by atoms with Gasteiger partial charge in [0.15, 0.2) is 5.16 Å². The van der Waals surface area contributed by atoms with E-state index in [4.69, 9.17) is 5.73 Å². The summed E-state index contributed by atoms with van der Waals surface area (Å²) in [4.78, 5) is 12.1. The zero-order chi connectivity index (χ0) is 14.2. The molecule has 7 heteroatoms. The van der Waals surface area contributed by atoms with Crippen molar-refractivity contribution in [1.29, 1.82) is 0 Å². The van der Waals surface area contributed by atoms with E-state index in [1.54, 1.807) is 0 Å². The number of nitrogens with two attached hydrogens (primary N) is 1. The molecule has 3 N–H and O–H groups in total. The van der Waals surface area contributed by atoms with Crippen molar-refractivity contribution in [3.63, 3.8) is 0 Å². The summed E-state index contributed by atoms with van der Waals surface area (Å²) in [6.07, 6.45) is 0. The van der Waals surface area contributed by atoms with E-state index in [0.717, 1.165) is 22.1 Å². The molecule has 0 amide bonds. The SMILES string of the molecule is Nc1ccc2nc(Sc3nnc4ccccc4n3)[nH]c2c1. The molecule has 0 aliphatic heterocycles. The molecule has 0 atom stereocenters. The summed E-state index contributed by atoms with van der Waals surface area (Å²) < 4.78 is 0. The highest BCUT2D eigenvalue weighted by molar-refractivity contribution is 7.99. The van der Waals surface area contributed by atoms with Gasteiger partial charge in [-0.3, -0.25) is 0 Å². The second-order valence-corrected chi connectivity index (χ2v) is 5.46. The molecule has 0 aliphatic carbocycles. The Kier molecular flexibility index (Phi) is 2.71. The Labute approximate surface area is 123 Å². The van der Waals surface area contributed by atoms with Gasteiger partial charge < -0.3 is 10.7 Å². The molecule has 0 fully saturated rings. The third kappa shape index (κ3) is 2.27. The first-order valence-corrected chi connectivity index (χ1v) is 7.12. The van der Waals surface area contributed by atoms with Crippen LogP contribution in [0.1, 0.15) is 0 Å². The first-order chi connectivity index (χ1) is 10.3. The normalized spacial score (nSPS) is 11.2. The molecule has 21 heavy (non-hydrogen) atoms. The van der Waals surface area contributed by atoms with Gasteiger partial charge in [0.05, 0.1) is 16.6 Å². The number of benzene rings is 2. The maximum atomic E-state index is 5.76. The summed E-state index contributed by atoms with van der Waals surface area (Å²) in [5.41, 5.74) is 9.81. The van der Waals surface area contributed by atoms with Crippen LogP contribution in [-0.4, -0.2) is 25.1 Å². The van der Waals surface area contributed by atoms with Crippen LogP contribution in [0.5, 0.6) is 0 Å². The van der Waals surface area contributed by atoms with Crippen LogP contribution in [0.2, 0.25) is 0 Å². The van der Waals surface area contributed by atoms with Crippen molar-refractivity contribution in [3.05, 3.63) is 42.5 Å². The van der Waals surface area contributed by atoms with Crippen molar-refractivity contribution in [1.82, 2.24) is 25.1 Å². The van der Waals surface area contributed by atoms with Crippen LogP contribution in [0.3, 0.4) is 0 Å². The Morgan fingerprint density at radius 3 is 2.67 bits per heavy atom. The van der Waals surface area contributed by atoms with Crippen LogP contribution in [0.25, 0.3) is 22.1 Å². The van der Waals surface area contributed by atoms with E-state index in [9.17, 15) is 0 Å². The Morgan fingerprint density at radius 1 is 0.905 bits per heavy atom. The lowest BCUT2D eigenvalue weighted by atomic mass is 10.3. The van der Waals surface area contributed by atoms with Gasteiger partial charge in [0.1, 0.15) is 5.52 Å². The van der Waals surface area contributed by atoms with Gasteiger partial charge >= 0.3 is 0 Å². The van der Waals surface area contributed by atoms with Crippen molar-refractivity contribution in [2.45, 2.75) is 10.3 Å². The minimum Gasteiger partial charge on any atom is -0.399 e.